The molecule has 3 aromatic rings. The predicted molar refractivity (Wildman–Crippen MR) is 91.5 cm³/mol. The van der Waals surface area contributed by atoms with Gasteiger partial charge in [0.2, 0.25) is 0 Å². The number of H-pyrrole nitrogens is 1. The molecular weight excluding hydrogens is 270 g/mol. The molecule has 1 aliphatic rings. The average molecular weight is 289 g/mol. The van der Waals surface area contributed by atoms with E-state index in [0.717, 1.165) is 22.4 Å². The zero-order valence-electron chi connectivity index (χ0n) is 13.1. The largest absolute Gasteiger partial charge is 0.376 e. The Kier molecular flexibility index (Phi) is 2.52. The lowest BCUT2D eigenvalue weighted by molar-refractivity contribution is 0.499. The summed E-state index contributed by atoms with van der Waals surface area (Å²) in [6.45, 7) is 10.5. The van der Waals surface area contributed by atoms with Crippen molar-refractivity contribution in [1.29, 1.82) is 0 Å². The molecule has 3 heterocycles. The molecule has 1 aliphatic heterocycles. The summed E-state index contributed by atoms with van der Waals surface area (Å²) in [5.74, 6) is 0. The molecule has 0 aliphatic carbocycles. The number of rotatable bonds is 1. The summed E-state index contributed by atoms with van der Waals surface area (Å²) >= 11 is 0. The van der Waals surface area contributed by atoms with Crippen LogP contribution in [0.1, 0.15) is 30.7 Å². The lowest BCUT2D eigenvalue weighted by atomic mass is 9.91. The molecule has 0 fully saturated rings. The van der Waals surface area contributed by atoms with Crippen LogP contribution in [0.4, 0.5) is 0 Å². The van der Waals surface area contributed by atoms with Crippen molar-refractivity contribution in [1.82, 2.24) is 15.3 Å². The van der Waals surface area contributed by atoms with Crippen LogP contribution in [0.3, 0.4) is 0 Å². The van der Waals surface area contributed by atoms with Gasteiger partial charge in [0.1, 0.15) is 5.65 Å². The fourth-order valence-electron chi connectivity index (χ4n) is 3.35. The maximum absolute atomic E-state index is 4.55. The van der Waals surface area contributed by atoms with Crippen molar-refractivity contribution in [2.45, 2.75) is 26.3 Å². The number of benzene rings is 1. The SMILES string of the molecule is C=C1NC(C)(C)c2cc(-c3c[nH]c4nc(C)ccc34)ccc21. The normalized spacial score (nSPS) is 15.9. The minimum absolute atomic E-state index is 0.0800. The van der Waals surface area contributed by atoms with Crippen molar-refractivity contribution < 1.29 is 0 Å². The van der Waals surface area contributed by atoms with E-state index in [4.69, 9.17) is 0 Å². The molecule has 1 aromatic carbocycles. The van der Waals surface area contributed by atoms with E-state index < -0.39 is 0 Å². The van der Waals surface area contributed by atoms with Crippen LogP contribution in [-0.4, -0.2) is 9.97 Å². The molecule has 0 atom stereocenters. The molecule has 0 saturated heterocycles. The Morgan fingerprint density at radius 1 is 1.09 bits per heavy atom. The lowest BCUT2D eigenvalue weighted by Crippen LogP contribution is -2.28. The molecular formula is C19H19N3. The van der Waals surface area contributed by atoms with Crippen LogP contribution in [0.15, 0.2) is 43.1 Å². The molecule has 0 bridgehead atoms. The molecule has 0 spiro atoms. The van der Waals surface area contributed by atoms with Crippen LogP contribution >= 0.6 is 0 Å². The highest BCUT2D eigenvalue weighted by Gasteiger charge is 2.31. The Morgan fingerprint density at radius 2 is 1.91 bits per heavy atom. The molecule has 0 unspecified atom stereocenters. The van der Waals surface area contributed by atoms with E-state index in [2.05, 4.69) is 66.0 Å². The topological polar surface area (TPSA) is 40.7 Å². The number of nitrogens with one attached hydrogen (secondary N) is 2. The van der Waals surface area contributed by atoms with Crippen LogP contribution in [0.2, 0.25) is 0 Å². The number of aromatic amines is 1. The van der Waals surface area contributed by atoms with Crippen molar-refractivity contribution in [2.24, 2.45) is 0 Å². The Balaban J connectivity index is 1.92. The van der Waals surface area contributed by atoms with Crippen LogP contribution in [0, 0.1) is 6.92 Å². The van der Waals surface area contributed by atoms with Crippen LogP contribution < -0.4 is 5.32 Å². The van der Waals surface area contributed by atoms with Gasteiger partial charge in [-0.3, -0.25) is 0 Å². The minimum atomic E-state index is -0.0800. The number of pyridine rings is 1. The predicted octanol–water partition coefficient (Wildman–Crippen LogP) is 4.35. The quantitative estimate of drug-likeness (QED) is 0.699. The van der Waals surface area contributed by atoms with E-state index >= 15 is 0 Å². The van der Waals surface area contributed by atoms with Gasteiger partial charge in [0.05, 0.1) is 5.54 Å². The van der Waals surface area contributed by atoms with Crippen molar-refractivity contribution in [2.75, 3.05) is 0 Å². The molecule has 0 saturated carbocycles. The first-order chi connectivity index (χ1) is 10.5. The summed E-state index contributed by atoms with van der Waals surface area (Å²) < 4.78 is 0. The molecule has 2 N–H and O–H groups in total. The van der Waals surface area contributed by atoms with Crippen LogP contribution in [-0.2, 0) is 5.54 Å². The second kappa shape index (κ2) is 4.23. The third-order valence-electron chi connectivity index (χ3n) is 4.47. The number of aromatic nitrogens is 2. The summed E-state index contributed by atoms with van der Waals surface area (Å²) in [4.78, 5) is 7.83. The van der Waals surface area contributed by atoms with Gasteiger partial charge in [-0.25, -0.2) is 4.98 Å². The Morgan fingerprint density at radius 3 is 2.73 bits per heavy atom. The molecule has 3 nitrogen and oxygen atoms in total. The fourth-order valence-corrected chi connectivity index (χ4v) is 3.35. The Bertz CT molecular complexity index is 916. The Labute approximate surface area is 130 Å². The zero-order chi connectivity index (χ0) is 15.5. The van der Waals surface area contributed by atoms with Gasteiger partial charge in [-0.2, -0.15) is 0 Å². The van der Waals surface area contributed by atoms with Gasteiger partial charge in [-0.15, -0.1) is 0 Å². The first-order valence-electron chi connectivity index (χ1n) is 7.53. The summed E-state index contributed by atoms with van der Waals surface area (Å²) in [5.41, 5.74) is 7.80. The molecule has 3 heteroatoms. The summed E-state index contributed by atoms with van der Waals surface area (Å²) in [6, 6.07) is 10.8. The molecule has 0 amide bonds. The standard InChI is InChI=1S/C19H19N3/c1-11-5-7-15-16(10-20-18(15)21-11)13-6-8-14-12(2)22-19(3,4)17(14)9-13/h5-10,22H,2H2,1,3-4H3,(H,20,21). The van der Waals surface area contributed by atoms with Crippen LogP contribution in [0.5, 0.6) is 0 Å². The second-order valence-electron chi connectivity index (χ2n) is 6.54. The average Bonchev–Trinajstić information content (AvgIpc) is 2.97. The highest BCUT2D eigenvalue weighted by molar-refractivity contribution is 5.94. The summed E-state index contributed by atoms with van der Waals surface area (Å²) in [6.07, 6.45) is 2.04. The molecule has 4 rings (SSSR count). The van der Waals surface area contributed by atoms with E-state index in [1.54, 1.807) is 0 Å². The molecule has 2 aromatic heterocycles. The van der Waals surface area contributed by atoms with Crippen molar-refractivity contribution in [3.8, 4) is 11.1 Å². The van der Waals surface area contributed by atoms with Crippen molar-refractivity contribution >= 4 is 16.7 Å². The van der Waals surface area contributed by atoms with E-state index in [1.807, 2.05) is 13.1 Å². The summed E-state index contributed by atoms with van der Waals surface area (Å²) in [7, 11) is 0. The van der Waals surface area contributed by atoms with E-state index in [9.17, 15) is 0 Å². The fraction of sp³-hybridized carbons (Fsp3) is 0.211. The number of hydrogen-bond acceptors (Lipinski definition) is 2. The number of hydrogen-bond donors (Lipinski definition) is 2. The zero-order valence-corrected chi connectivity index (χ0v) is 13.1. The van der Waals surface area contributed by atoms with Gasteiger partial charge < -0.3 is 10.3 Å². The van der Waals surface area contributed by atoms with Crippen LogP contribution in [0.25, 0.3) is 27.9 Å². The minimum Gasteiger partial charge on any atom is -0.376 e. The van der Waals surface area contributed by atoms with Gasteiger partial charge in [-0.05, 0) is 50.1 Å². The van der Waals surface area contributed by atoms with Gasteiger partial charge >= 0.3 is 0 Å². The van der Waals surface area contributed by atoms with Gasteiger partial charge in [-0.1, -0.05) is 18.7 Å². The third kappa shape index (κ3) is 1.78. The van der Waals surface area contributed by atoms with Gasteiger partial charge in [0.15, 0.2) is 0 Å². The van der Waals surface area contributed by atoms with E-state index in [1.165, 1.54) is 22.3 Å². The lowest BCUT2D eigenvalue weighted by Gasteiger charge is -2.20. The molecule has 22 heavy (non-hydrogen) atoms. The number of nitrogens with zero attached hydrogens (tertiary/aromatic N) is 1. The number of aryl methyl sites for hydroxylation is 1. The first-order valence-corrected chi connectivity index (χ1v) is 7.53. The number of fused-ring (bicyclic) bond motifs is 2. The van der Waals surface area contributed by atoms with Crippen molar-refractivity contribution in [3.05, 3.63) is 59.9 Å². The molecule has 110 valence electrons. The monoisotopic (exact) mass is 289 g/mol. The van der Waals surface area contributed by atoms with E-state index in [0.29, 0.717) is 0 Å². The Hall–Kier alpha value is -2.55. The molecule has 0 radical (unpaired) electrons. The maximum atomic E-state index is 4.55. The van der Waals surface area contributed by atoms with Crippen molar-refractivity contribution in [3.63, 3.8) is 0 Å². The third-order valence-corrected chi connectivity index (χ3v) is 4.47. The first kappa shape index (κ1) is 13.1. The smallest absolute Gasteiger partial charge is 0.138 e. The van der Waals surface area contributed by atoms with E-state index in [-0.39, 0.29) is 5.54 Å². The highest BCUT2D eigenvalue weighted by Crippen LogP contribution is 2.39. The summed E-state index contributed by atoms with van der Waals surface area (Å²) in [5, 5.41) is 4.62. The highest BCUT2D eigenvalue weighted by atomic mass is 15.0. The van der Waals surface area contributed by atoms with Gasteiger partial charge in [0.25, 0.3) is 0 Å². The maximum Gasteiger partial charge on any atom is 0.138 e. The second-order valence-corrected chi connectivity index (χ2v) is 6.54. The van der Waals surface area contributed by atoms with Gasteiger partial charge in [0, 0.05) is 34.1 Å².